The largest absolute Gasteiger partial charge is 0.405 e. The zero-order valence-electron chi connectivity index (χ0n) is 9.78. The molecule has 0 atom stereocenters. The summed E-state index contributed by atoms with van der Waals surface area (Å²) in [6.07, 6.45) is -3.64. The van der Waals surface area contributed by atoms with Crippen molar-refractivity contribution in [3.8, 4) is 0 Å². The second-order valence-electron chi connectivity index (χ2n) is 3.86. The van der Waals surface area contributed by atoms with Crippen LogP contribution in [0.2, 0.25) is 0 Å². The molecule has 1 amide bonds. The van der Waals surface area contributed by atoms with Gasteiger partial charge in [-0.3, -0.25) is 4.79 Å². The molecule has 0 bridgehead atoms. The van der Waals surface area contributed by atoms with Crippen LogP contribution in [0.1, 0.15) is 10.4 Å². The number of sulfone groups is 1. The number of anilines is 1. The average Bonchev–Trinajstić information content (AvgIpc) is 2.22. The highest BCUT2D eigenvalue weighted by atomic mass is 32.2. The molecule has 0 saturated carbocycles. The standard InChI is InChI=1S/C10H11F3N2O3S/c1-19(17,18)8-3-6(2-7(14)4-8)9(16)15-5-10(11,12)13/h2-4H,5,14H2,1H3,(H,15,16). The SMILES string of the molecule is CS(=O)(=O)c1cc(N)cc(C(=O)NCC(F)(F)F)c1. The normalized spacial score (nSPS) is 12.2. The molecule has 19 heavy (non-hydrogen) atoms. The average molecular weight is 296 g/mol. The van der Waals surface area contributed by atoms with E-state index in [4.69, 9.17) is 5.73 Å². The quantitative estimate of drug-likeness (QED) is 0.813. The molecule has 0 aliphatic rings. The Balaban J connectivity index is 3.02. The number of hydrogen-bond donors (Lipinski definition) is 2. The zero-order valence-corrected chi connectivity index (χ0v) is 10.6. The number of rotatable bonds is 3. The van der Waals surface area contributed by atoms with Gasteiger partial charge in [-0.2, -0.15) is 13.2 Å². The fourth-order valence-electron chi connectivity index (χ4n) is 1.25. The molecule has 9 heteroatoms. The molecule has 0 spiro atoms. The van der Waals surface area contributed by atoms with Crippen molar-refractivity contribution in [2.75, 3.05) is 18.5 Å². The second kappa shape index (κ2) is 5.08. The van der Waals surface area contributed by atoms with Gasteiger partial charge in [-0.05, 0) is 18.2 Å². The molecule has 0 fully saturated rings. The minimum absolute atomic E-state index is 0.0277. The molecular weight excluding hydrogens is 285 g/mol. The lowest BCUT2D eigenvalue weighted by Crippen LogP contribution is -2.33. The van der Waals surface area contributed by atoms with Gasteiger partial charge in [-0.1, -0.05) is 0 Å². The summed E-state index contributed by atoms with van der Waals surface area (Å²) in [4.78, 5) is 11.2. The van der Waals surface area contributed by atoms with E-state index in [2.05, 4.69) is 0 Å². The van der Waals surface area contributed by atoms with Crippen LogP contribution in [0, 0.1) is 0 Å². The number of carbonyl (C=O) groups excluding carboxylic acids is 1. The minimum Gasteiger partial charge on any atom is -0.399 e. The van der Waals surface area contributed by atoms with Crippen molar-refractivity contribution in [3.05, 3.63) is 23.8 Å². The molecule has 0 unspecified atom stereocenters. The van der Waals surface area contributed by atoms with E-state index < -0.39 is 28.5 Å². The van der Waals surface area contributed by atoms with E-state index >= 15 is 0 Å². The van der Waals surface area contributed by atoms with Gasteiger partial charge in [-0.15, -0.1) is 0 Å². The lowest BCUT2D eigenvalue weighted by Gasteiger charge is -2.09. The van der Waals surface area contributed by atoms with E-state index in [-0.39, 0.29) is 16.1 Å². The number of nitrogen functional groups attached to an aromatic ring is 1. The third kappa shape index (κ3) is 4.78. The molecule has 0 aromatic heterocycles. The molecule has 0 saturated heterocycles. The van der Waals surface area contributed by atoms with Gasteiger partial charge in [0.1, 0.15) is 6.54 Å². The van der Waals surface area contributed by atoms with Crippen molar-refractivity contribution >= 4 is 21.4 Å². The van der Waals surface area contributed by atoms with Gasteiger partial charge in [-0.25, -0.2) is 8.42 Å². The molecule has 5 nitrogen and oxygen atoms in total. The van der Waals surface area contributed by atoms with Gasteiger partial charge >= 0.3 is 6.18 Å². The van der Waals surface area contributed by atoms with Crippen molar-refractivity contribution in [3.63, 3.8) is 0 Å². The van der Waals surface area contributed by atoms with E-state index in [1.807, 2.05) is 0 Å². The van der Waals surface area contributed by atoms with Crippen LogP contribution in [0.25, 0.3) is 0 Å². The van der Waals surface area contributed by atoms with Crippen LogP contribution in [0.15, 0.2) is 23.1 Å². The van der Waals surface area contributed by atoms with Crippen molar-refractivity contribution in [2.24, 2.45) is 0 Å². The van der Waals surface area contributed by atoms with Crippen LogP contribution in [-0.2, 0) is 9.84 Å². The van der Waals surface area contributed by atoms with Crippen molar-refractivity contribution in [1.29, 1.82) is 0 Å². The summed E-state index contributed by atoms with van der Waals surface area (Å²) in [5, 5.41) is 1.63. The Kier molecular flexibility index (Phi) is 4.09. The maximum absolute atomic E-state index is 11.9. The number of carbonyl (C=O) groups is 1. The van der Waals surface area contributed by atoms with E-state index in [0.29, 0.717) is 0 Å². The van der Waals surface area contributed by atoms with E-state index in [1.54, 1.807) is 5.32 Å². The van der Waals surface area contributed by atoms with Crippen LogP contribution >= 0.6 is 0 Å². The Morgan fingerprint density at radius 3 is 2.37 bits per heavy atom. The summed E-state index contributed by atoms with van der Waals surface area (Å²) in [6.45, 7) is -1.51. The number of nitrogens with one attached hydrogen (secondary N) is 1. The highest BCUT2D eigenvalue weighted by molar-refractivity contribution is 7.90. The Labute approximate surface area is 107 Å². The molecular formula is C10H11F3N2O3S. The Morgan fingerprint density at radius 2 is 1.89 bits per heavy atom. The Morgan fingerprint density at radius 1 is 1.32 bits per heavy atom. The minimum atomic E-state index is -4.55. The Bertz CT molecular complexity index is 597. The summed E-state index contributed by atoms with van der Waals surface area (Å²) in [5.74, 6) is -1.05. The summed E-state index contributed by atoms with van der Waals surface area (Å²) in [5.41, 5.74) is 5.14. The number of amides is 1. The van der Waals surface area contributed by atoms with Crippen molar-refractivity contribution in [1.82, 2.24) is 5.32 Å². The first-order valence-corrected chi connectivity index (χ1v) is 6.84. The highest BCUT2D eigenvalue weighted by Crippen LogP contribution is 2.17. The molecule has 0 aliphatic carbocycles. The fraction of sp³-hybridized carbons (Fsp3) is 0.300. The maximum Gasteiger partial charge on any atom is 0.405 e. The van der Waals surface area contributed by atoms with Gasteiger partial charge in [0.25, 0.3) is 5.91 Å². The van der Waals surface area contributed by atoms with Crippen LogP contribution in [-0.4, -0.2) is 33.3 Å². The topological polar surface area (TPSA) is 89.3 Å². The number of hydrogen-bond acceptors (Lipinski definition) is 4. The van der Waals surface area contributed by atoms with Crippen LogP contribution in [0.5, 0.6) is 0 Å². The van der Waals surface area contributed by atoms with E-state index in [1.165, 1.54) is 0 Å². The third-order valence-corrected chi connectivity index (χ3v) is 3.16. The first kappa shape index (κ1) is 15.3. The van der Waals surface area contributed by atoms with Gasteiger partial charge in [0.2, 0.25) is 0 Å². The number of halogens is 3. The summed E-state index contributed by atoms with van der Waals surface area (Å²) in [6, 6.07) is 3.19. The number of nitrogens with two attached hydrogens (primary N) is 1. The van der Waals surface area contributed by atoms with Crippen LogP contribution < -0.4 is 11.1 Å². The van der Waals surface area contributed by atoms with Gasteiger partial charge < -0.3 is 11.1 Å². The number of benzene rings is 1. The van der Waals surface area contributed by atoms with Gasteiger partial charge in [0, 0.05) is 17.5 Å². The molecule has 1 aromatic carbocycles. The number of alkyl halides is 3. The summed E-state index contributed by atoms with van der Waals surface area (Å²) >= 11 is 0. The lowest BCUT2D eigenvalue weighted by molar-refractivity contribution is -0.123. The molecule has 1 aromatic rings. The second-order valence-corrected chi connectivity index (χ2v) is 5.88. The zero-order chi connectivity index (χ0) is 14.8. The Hall–Kier alpha value is -1.77. The maximum atomic E-state index is 11.9. The first-order chi connectivity index (χ1) is 8.49. The monoisotopic (exact) mass is 296 g/mol. The van der Waals surface area contributed by atoms with E-state index in [0.717, 1.165) is 24.5 Å². The van der Waals surface area contributed by atoms with Gasteiger partial charge in [0.15, 0.2) is 9.84 Å². The smallest absolute Gasteiger partial charge is 0.399 e. The summed E-state index contributed by atoms with van der Waals surface area (Å²) < 4.78 is 58.5. The molecule has 0 radical (unpaired) electrons. The predicted octanol–water partition coefficient (Wildman–Crippen LogP) is 0.964. The third-order valence-electron chi connectivity index (χ3n) is 2.07. The summed E-state index contributed by atoms with van der Waals surface area (Å²) in [7, 11) is -3.61. The van der Waals surface area contributed by atoms with Gasteiger partial charge in [0.05, 0.1) is 4.90 Å². The van der Waals surface area contributed by atoms with E-state index in [9.17, 15) is 26.4 Å². The molecule has 0 aliphatic heterocycles. The van der Waals surface area contributed by atoms with Crippen LogP contribution in [0.3, 0.4) is 0 Å². The van der Waals surface area contributed by atoms with Crippen molar-refractivity contribution < 1.29 is 26.4 Å². The highest BCUT2D eigenvalue weighted by Gasteiger charge is 2.28. The molecule has 3 N–H and O–H groups in total. The first-order valence-electron chi connectivity index (χ1n) is 4.94. The fourth-order valence-corrected chi connectivity index (χ4v) is 1.94. The molecule has 0 heterocycles. The lowest BCUT2D eigenvalue weighted by atomic mass is 10.2. The molecule has 1 rings (SSSR count). The predicted molar refractivity (Wildman–Crippen MR) is 62.4 cm³/mol. The molecule has 106 valence electrons. The van der Waals surface area contributed by atoms with Crippen molar-refractivity contribution in [2.45, 2.75) is 11.1 Å². The van der Waals surface area contributed by atoms with Crippen LogP contribution in [0.4, 0.5) is 18.9 Å².